The summed E-state index contributed by atoms with van der Waals surface area (Å²) in [6.07, 6.45) is 4.08. The van der Waals surface area contributed by atoms with Crippen molar-refractivity contribution < 1.29 is 29.1 Å². The Morgan fingerprint density at radius 1 is 0.724 bits per heavy atom. The molecule has 0 spiro atoms. The number of fused-ring (bicyclic) bond motifs is 2. The van der Waals surface area contributed by atoms with Crippen LogP contribution in [-0.4, -0.2) is 89.0 Å². The number of H-pyrrole nitrogens is 1. The highest BCUT2D eigenvalue weighted by molar-refractivity contribution is 7.09. The van der Waals surface area contributed by atoms with Crippen LogP contribution in [0.15, 0.2) is 90.4 Å². The van der Waals surface area contributed by atoms with Gasteiger partial charge in [0.2, 0.25) is 23.6 Å². The quantitative estimate of drug-likeness (QED) is 0.0558. The molecule has 0 unspecified atom stereocenters. The molecule has 6 rings (SSSR count). The van der Waals surface area contributed by atoms with Gasteiger partial charge in [-0.15, -0.1) is 11.3 Å². The maximum absolute atomic E-state index is 14.7. The van der Waals surface area contributed by atoms with Gasteiger partial charge in [-0.25, -0.2) is 4.79 Å². The first kappa shape index (κ1) is 42.0. The number of carboxylic acids is 1. The van der Waals surface area contributed by atoms with Crippen LogP contribution in [0, 0.1) is 0 Å². The zero-order chi connectivity index (χ0) is 41.1. The average Bonchev–Trinajstić information content (AvgIpc) is 3.90. The number of carbonyl (C=O) groups is 5. The van der Waals surface area contributed by atoms with Gasteiger partial charge in [0.1, 0.15) is 23.7 Å². The van der Waals surface area contributed by atoms with Crippen molar-refractivity contribution in [3.63, 3.8) is 0 Å². The van der Waals surface area contributed by atoms with E-state index in [1.54, 1.807) is 6.20 Å². The summed E-state index contributed by atoms with van der Waals surface area (Å²) in [6, 6.07) is 20.3. The smallest absolute Gasteiger partial charge is 0.329 e. The van der Waals surface area contributed by atoms with Crippen molar-refractivity contribution in [3.05, 3.63) is 106 Å². The summed E-state index contributed by atoms with van der Waals surface area (Å²) in [5, 5.41) is 29.4. The fraction of sp³-hybridized carbons (Fsp3) is 0.372. The lowest BCUT2D eigenvalue weighted by molar-refractivity contribution is -0.149. The summed E-state index contributed by atoms with van der Waals surface area (Å²) in [5.41, 5.74) is 12.7. The van der Waals surface area contributed by atoms with Crippen molar-refractivity contribution >= 4 is 62.6 Å². The molecule has 1 fully saturated rings. The van der Waals surface area contributed by atoms with E-state index in [-0.39, 0.29) is 32.1 Å². The van der Waals surface area contributed by atoms with Crippen LogP contribution in [0.4, 0.5) is 0 Å². The van der Waals surface area contributed by atoms with Crippen LogP contribution < -0.4 is 38.1 Å². The van der Waals surface area contributed by atoms with Gasteiger partial charge in [-0.1, -0.05) is 73.2 Å². The Morgan fingerprint density at radius 3 is 2.07 bits per heavy atom. The molecule has 3 aromatic carbocycles. The molecule has 1 aliphatic heterocycles. The molecule has 306 valence electrons. The van der Waals surface area contributed by atoms with Crippen LogP contribution in [0.2, 0.25) is 0 Å². The van der Waals surface area contributed by atoms with Gasteiger partial charge in [0, 0.05) is 41.2 Å². The Hall–Kier alpha value is -5.61. The van der Waals surface area contributed by atoms with E-state index in [9.17, 15) is 29.1 Å². The summed E-state index contributed by atoms with van der Waals surface area (Å²) in [7, 11) is 0. The number of aromatic nitrogens is 1. The van der Waals surface area contributed by atoms with Gasteiger partial charge >= 0.3 is 5.97 Å². The third-order valence-corrected chi connectivity index (χ3v) is 11.7. The van der Waals surface area contributed by atoms with Crippen LogP contribution in [-0.2, 0) is 43.2 Å². The number of nitrogens with two attached hydrogens (primary N) is 2. The largest absolute Gasteiger partial charge is 0.480 e. The molecule has 0 aliphatic carbocycles. The Balaban J connectivity index is 1.31. The van der Waals surface area contributed by atoms with Gasteiger partial charge < -0.3 is 48.1 Å². The fourth-order valence-corrected chi connectivity index (χ4v) is 8.25. The SMILES string of the molecule is NCCCC[C@H](N)C(=O)N[C@@H](Cc1cccs1)C(=O)N[C@H](Cc1c[nH]c2ccccc12)C(=O)N[C@H](Cc1cccc2ccccc12)C(=O)NC1(C(=O)O)CCNCC1. The molecule has 14 nitrogen and oxygen atoms in total. The van der Waals surface area contributed by atoms with E-state index in [1.165, 1.54) is 11.3 Å². The summed E-state index contributed by atoms with van der Waals surface area (Å²) < 4.78 is 0. The summed E-state index contributed by atoms with van der Waals surface area (Å²) in [6.45, 7) is 1.26. The average molecular weight is 809 g/mol. The Morgan fingerprint density at radius 2 is 1.36 bits per heavy atom. The van der Waals surface area contributed by atoms with Crippen molar-refractivity contribution in [3.8, 4) is 0 Å². The van der Waals surface area contributed by atoms with Crippen molar-refractivity contribution in [2.75, 3.05) is 19.6 Å². The van der Waals surface area contributed by atoms with Crippen LogP contribution in [0.3, 0.4) is 0 Å². The number of carbonyl (C=O) groups excluding carboxylic acids is 4. The second kappa shape index (κ2) is 19.7. The third kappa shape index (κ3) is 10.5. The van der Waals surface area contributed by atoms with E-state index < -0.39 is 59.3 Å². The highest BCUT2D eigenvalue weighted by Crippen LogP contribution is 2.24. The Labute approximate surface area is 340 Å². The number of nitrogens with one attached hydrogen (secondary N) is 6. The highest BCUT2D eigenvalue weighted by atomic mass is 32.1. The lowest BCUT2D eigenvalue weighted by Gasteiger charge is -2.36. The Kier molecular flexibility index (Phi) is 14.3. The number of thiophene rings is 1. The molecule has 15 heteroatoms. The van der Waals surface area contributed by atoms with Gasteiger partial charge in [0.25, 0.3) is 0 Å². The molecule has 11 N–H and O–H groups in total. The number of aromatic amines is 1. The molecule has 0 bridgehead atoms. The lowest BCUT2D eigenvalue weighted by Crippen LogP contribution is -2.64. The number of benzene rings is 3. The Bertz CT molecular complexity index is 2200. The summed E-state index contributed by atoms with van der Waals surface area (Å²) >= 11 is 1.43. The van der Waals surface area contributed by atoms with Gasteiger partial charge in [-0.2, -0.15) is 0 Å². The second-order valence-corrected chi connectivity index (χ2v) is 15.9. The molecule has 5 aromatic rings. The van der Waals surface area contributed by atoms with Crippen LogP contribution >= 0.6 is 11.3 Å². The number of piperidine rings is 1. The molecule has 1 saturated heterocycles. The van der Waals surface area contributed by atoms with Crippen molar-refractivity contribution in [2.45, 2.75) is 81.1 Å². The predicted molar refractivity (Wildman–Crippen MR) is 225 cm³/mol. The highest BCUT2D eigenvalue weighted by Gasteiger charge is 2.43. The standard InChI is InChI=1S/C43H52N8O6S/c44-19-6-5-15-33(45)38(52)48-37(25-30-12-8-22-58-30)40(54)49-35(24-29-26-47-34-16-4-3-14-32(29)34)39(53)50-36(23-28-11-7-10-27-9-1-2-13-31(27)28)41(55)51-43(42(56)57)17-20-46-21-18-43/h1-4,7-14,16,22,26,33,35-37,46-47H,5-6,15,17-21,23-25,44-45H2,(H,48,52)(H,49,54)(H,50,53)(H,51,55)(H,56,57)/t33-,35+,36+,37-/m0/s1. The van der Waals surface area contributed by atoms with Crippen LogP contribution in [0.1, 0.15) is 48.1 Å². The van der Waals surface area contributed by atoms with E-state index >= 15 is 0 Å². The molecule has 58 heavy (non-hydrogen) atoms. The first-order valence-corrected chi connectivity index (χ1v) is 20.6. The predicted octanol–water partition coefficient (Wildman–Crippen LogP) is 2.64. The zero-order valence-corrected chi connectivity index (χ0v) is 33.1. The third-order valence-electron chi connectivity index (χ3n) is 10.8. The van der Waals surface area contributed by atoms with Gasteiger partial charge in [0.15, 0.2) is 0 Å². The molecular weight excluding hydrogens is 757 g/mol. The van der Waals surface area contributed by atoms with Crippen LogP contribution in [0.5, 0.6) is 0 Å². The molecule has 3 heterocycles. The maximum atomic E-state index is 14.7. The molecule has 4 amide bonds. The molecular formula is C43H52N8O6S. The number of para-hydroxylation sites is 1. The molecule has 4 atom stereocenters. The minimum absolute atomic E-state index is 0.0349. The molecule has 2 aromatic heterocycles. The number of amides is 4. The minimum atomic E-state index is -1.53. The topological polar surface area (TPSA) is 234 Å². The number of rotatable bonds is 19. The number of unbranched alkanes of at least 4 members (excludes halogenated alkanes) is 1. The molecule has 0 radical (unpaired) electrons. The minimum Gasteiger partial charge on any atom is -0.480 e. The number of hydrogen-bond acceptors (Lipinski definition) is 9. The van der Waals surface area contributed by atoms with Gasteiger partial charge in [-0.3, -0.25) is 19.2 Å². The first-order valence-electron chi connectivity index (χ1n) is 19.7. The first-order chi connectivity index (χ1) is 28.1. The number of carboxylic acid groups (broad SMARTS) is 1. The fourth-order valence-electron chi connectivity index (χ4n) is 7.50. The number of aliphatic carboxylic acids is 1. The van der Waals surface area contributed by atoms with Crippen molar-refractivity contribution in [1.29, 1.82) is 0 Å². The normalized spacial score (nSPS) is 15.8. The van der Waals surface area contributed by atoms with Gasteiger partial charge in [0.05, 0.1) is 6.04 Å². The molecule has 0 saturated carbocycles. The van der Waals surface area contributed by atoms with Crippen LogP contribution in [0.25, 0.3) is 21.7 Å². The van der Waals surface area contributed by atoms with E-state index in [0.29, 0.717) is 38.9 Å². The van der Waals surface area contributed by atoms with Crippen molar-refractivity contribution in [1.82, 2.24) is 31.6 Å². The number of hydrogen-bond donors (Lipinski definition) is 9. The van der Waals surface area contributed by atoms with Crippen molar-refractivity contribution in [2.24, 2.45) is 11.5 Å². The van der Waals surface area contributed by atoms with E-state index in [2.05, 4.69) is 31.6 Å². The van der Waals surface area contributed by atoms with E-state index in [4.69, 9.17) is 11.5 Å². The van der Waals surface area contributed by atoms with E-state index in [0.717, 1.165) is 37.7 Å². The zero-order valence-electron chi connectivity index (χ0n) is 32.3. The lowest BCUT2D eigenvalue weighted by atomic mass is 9.87. The summed E-state index contributed by atoms with van der Waals surface area (Å²) in [5.74, 6) is -3.57. The monoisotopic (exact) mass is 808 g/mol. The maximum Gasteiger partial charge on any atom is 0.329 e. The van der Waals surface area contributed by atoms with E-state index in [1.807, 2.05) is 84.2 Å². The van der Waals surface area contributed by atoms with Gasteiger partial charge in [-0.05, 0) is 84.7 Å². The second-order valence-electron chi connectivity index (χ2n) is 14.9. The molecule has 1 aliphatic rings. The summed E-state index contributed by atoms with van der Waals surface area (Å²) in [4.78, 5) is 73.3.